The lowest BCUT2D eigenvalue weighted by molar-refractivity contribution is -0.116. The first-order valence-electron chi connectivity index (χ1n) is 12.0. The van der Waals surface area contributed by atoms with E-state index in [9.17, 15) is 9.90 Å². The molecule has 1 saturated carbocycles. The van der Waals surface area contributed by atoms with Crippen LogP contribution in [0.4, 0.5) is 0 Å². The van der Waals surface area contributed by atoms with Crippen LogP contribution in [0, 0.1) is 0 Å². The number of fused-ring (bicyclic) bond motifs is 3. The van der Waals surface area contributed by atoms with Gasteiger partial charge in [-0.25, -0.2) is 0 Å². The van der Waals surface area contributed by atoms with Crippen molar-refractivity contribution in [1.82, 2.24) is 10.2 Å². The Hall–Kier alpha value is -2.36. The molecule has 1 saturated heterocycles. The van der Waals surface area contributed by atoms with Crippen molar-refractivity contribution in [3.63, 3.8) is 0 Å². The van der Waals surface area contributed by atoms with Gasteiger partial charge >= 0.3 is 0 Å². The predicted molar refractivity (Wildman–Crippen MR) is 141 cm³/mol. The minimum atomic E-state index is -0.965. The number of carbonyl (C=O) groups excluding carboxylic acids is 1. The van der Waals surface area contributed by atoms with Gasteiger partial charge in [0.1, 0.15) is 18.5 Å². The molecule has 0 bridgehead atoms. The first-order chi connectivity index (χ1) is 17.5. The summed E-state index contributed by atoms with van der Waals surface area (Å²) in [4.78, 5) is 21.9. The summed E-state index contributed by atoms with van der Waals surface area (Å²) in [6, 6.07) is 10.4. The van der Waals surface area contributed by atoms with Gasteiger partial charge in [-0.2, -0.15) is 0 Å². The van der Waals surface area contributed by atoms with Gasteiger partial charge in [-0.05, 0) is 67.6 Å². The molecule has 2 atom stereocenters. The first kappa shape index (κ1) is 24.0. The second-order valence-corrected chi connectivity index (χ2v) is 11.3. The fourth-order valence-corrected chi connectivity index (χ4v) is 6.20. The van der Waals surface area contributed by atoms with Gasteiger partial charge in [0.25, 0.3) is 5.91 Å². The average Bonchev–Trinajstić information content (AvgIpc) is 3.58. The molecule has 3 aromatic rings. The Kier molecular flexibility index (Phi) is 6.56. The molecule has 6 rings (SSSR count). The molecule has 0 radical (unpaired) electrons. The smallest absolute Gasteiger partial charge is 0.275 e. The maximum Gasteiger partial charge on any atom is 0.275 e. The van der Waals surface area contributed by atoms with Gasteiger partial charge in [0, 0.05) is 21.8 Å². The standard InChI is InChI=1S/C26H25Cl2N3O4S/c27-15-3-6-17-18-13-34-30-23(25(18)36-22(17)11-15)26(33)29-20(12-31-8-1-9-31)24(32)14-2-7-21(19(28)10-14)35-16-4-5-16/h2-3,6-7,10-11,16,20,24,32H,1,4-5,8-9,12-13H2,(H,29,33)/t20-,24-/m1/s1. The van der Waals surface area contributed by atoms with Crippen LogP contribution < -0.4 is 10.1 Å². The number of hydrogen-bond donors (Lipinski definition) is 2. The van der Waals surface area contributed by atoms with Gasteiger partial charge in [0.2, 0.25) is 0 Å². The lowest BCUT2D eigenvalue weighted by atomic mass is 9.99. The first-order valence-corrected chi connectivity index (χ1v) is 13.6. The molecule has 0 unspecified atom stereocenters. The highest BCUT2D eigenvalue weighted by atomic mass is 35.5. The van der Waals surface area contributed by atoms with E-state index >= 15 is 0 Å². The van der Waals surface area contributed by atoms with E-state index in [1.54, 1.807) is 18.2 Å². The molecule has 7 nitrogen and oxygen atoms in total. The van der Waals surface area contributed by atoms with Crippen LogP contribution in [0.3, 0.4) is 0 Å². The van der Waals surface area contributed by atoms with E-state index in [0.717, 1.165) is 52.9 Å². The van der Waals surface area contributed by atoms with Crippen molar-refractivity contribution < 1.29 is 19.5 Å². The second-order valence-electron chi connectivity index (χ2n) is 9.45. The third-order valence-corrected chi connectivity index (χ3v) is 8.50. The van der Waals surface area contributed by atoms with Crippen LogP contribution in [0.15, 0.2) is 41.6 Å². The van der Waals surface area contributed by atoms with Crippen LogP contribution in [0.5, 0.6) is 5.75 Å². The number of likely N-dealkylation sites (tertiary alicyclic amines) is 1. The molecule has 2 N–H and O–H groups in total. The van der Waals surface area contributed by atoms with Crippen LogP contribution >= 0.6 is 34.5 Å². The Labute approximate surface area is 222 Å². The number of nitrogens with zero attached hydrogens (tertiary/aromatic N) is 2. The van der Waals surface area contributed by atoms with E-state index in [-0.39, 0.29) is 11.8 Å². The summed E-state index contributed by atoms with van der Waals surface area (Å²) >= 11 is 14.1. The highest BCUT2D eigenvalue weighted by Gasteiger charge is 2.33. The summed E-state index contributed by atoms with van der Waals surface area (Å²) in [7, 11) is 0. The number of nitrogens with one attached hydrogen (secondary N) is 1. The van der Waals surface area contributed by atoms with E-state index in [2.05, 4.69) is 15.4 Å². The summed E-state index contributed by atoms with van der Waals surface area (Å²) in [6.45, 7) is 2.66. The molecule has 2 aliphatic heterocycles. The van der Waals surface area contributed by atoms with Gasteiger partial charge in [0.15, 0.2) is 5.71 Å². The third-order valence-electron chi connectivity index (χ3n) is 6.77. The Morgan fingerprint density at radius 2 is 2.08 bits per heavy atom. The van der Waals surface area contributed by atoms with Crippen LogP contribution in [0.25, 0.3) is 10.1 Å². The summed E-state index contributed by atoms with van der Waals surface area (Å²) in [5.41, 5.74) is 1.75. The Bertz CT molecular complexity index is 1350. The van der Waals surface area contributed by atoms with Crippen molar-refractivity contribution in [2.75, 3.05) is 19.6 Å². The molecule has 1 amide bonds. The number of amides is 1. The number of carbonyl (C=O) groups is 1. The molecule has 188 valence electrons. The maximum absolute atomic E-state index is 13.5. The normalized spacial score (nSPS) is 19.0. The molecule has 36 heavy (non-hydrogen) atoms. The quantitative estimate of drug-likeness (QED) is 0.420. The molecule has 1 aromatic heterocycles. The number of hydrogen-bond acceptors (Lipinski definition) is 7. The number of aliphatic hydroxyl groups is 1. The van der Waals surface area contributed by atoms with Gasteiger partial charge in [0.05, 0.1) is 22.0 Å². The lowest BCUT2D eigenvalue weighted by Crippen LogP contribution is -2.52. The Balaban J connectivity index is 1.24. The molecule has 2 aromatic carbocycles. The monoisotopic (exact) mass is 545 g/mol. The van der Waals surface area contributed by atoms with Crippen molar-refractivity contribution in [3.05, 3.63) is 62.4 Å². The zero-order valence-electron chi connectivity index (χ0n) is 19.4. The van der Waals surface area contributed by atoms with Crippen molar-refractivity contribution in [2.45, 2.75) is 44.1 Å². The van der Waals surface area contributed by atoms with E-state index < -0.39 is 18.1 Å². The number of aliphatic hydroxyl groups excluding tert-OH is 1. The van der Waals surface area contributed by atoms with Crippen molar-refractivity contribution in [2.24, 2.45) is 5.16 Å². The van der Waals surface area contributed by atoms with Crippen LogP contribution in [0.2, 0.25) is 10.0 Å². The topological polar surface area (TPSA) is 83.4 Å². The highest BCUT2D eigenvalue weighted by Crippen LogP contribution is 2.37. The predicted octanol–water partition coefficient (Wildman–Crippen LogP) is 4.91. The third kappa shape index (κ3) is 4.80. The van der Waals surface area contributed by atoms with Crippen molar-refractivity contribution >= 4 is 56.2 Å². The fourth-order valence-electron chi connectivity index (χ4n) is 4.50. The zero-order chi connectivity index (χ0) is 24.8. The zero-order valence-corrected chi connectivity index (χ0v) is 21.7. The number of thiophene rings is 1. The van der Waals surface area contributed by atoms with E-state index in [0.29, 0.717) is 34.5 Å². The molecule has 2 fully saturated rings. The summed E-state index contributed by atoms with van der Waals surface area (Å²) in [5.74, 6) is 0.225. The van der Waals surface area contributed by atoms with Crippen LogP contribution in [0.1, 0.15) is 41.4 Å². The molecule has 10 heteroatoms. The van der Waals surface area contributed by atoms with Gasteiger partial charge in [-0.15, -0.1) is 11.3 Å². The molecule has 1 aliphatic carbocycles. The molecule has 3 heterocycles. The van der Waals surface area contributed by atoms with Gasteiger partial charge in [-0.1, -0.05) is 40.5 Å². The molecule has 3 aliphatic rings. The minimum Gasteiger partial charge on any atom is -0.489 e. The molecule has 0 spiro atoms. The van der Waals surface area contributed by atoms with Crippen LogP contribution in [-0.2, 0) is 16.2 Å². The maximum atomic E-state index is 13.5. The molecular formula is C26H25Cl2N3O4S. The lowest BCUT2D eigenvalue weighted by Gasteiger charge is -2.36. The summed E-state index contributed by atoms with van der Waals surface area (Å²) in [6.07, 6.45) is 2.43. The van der Waals surface area contributed by atoms with Crippen LogP contribution in [-0.4, -0.2) is 53.4 Å². The summed E-state index contributed by atoms with van der Waals surface area (Å²) < 4.78 is 6.79. The van der Waals surface area contributed by atoms with Crippen molar-refractivity contribution in [3.8, 4) is 5.75 Å². The van der Waals surface area contributed by atoms with E-state index in [4.69, 9.17) is 32.8 Å². The number of ether oxygens (including phenoxy) is 1. The fraction of sp³-hybridized carbons (Fsp3) is 0.385. The number of benzene rings is 2. The largest absolute Gasteiger partial charge is 0.489 e. The molecular weight excluding hydrogens is 521 g/mol. The van der Waals surface area contributed by atoms with E-state index in [1.807, 2.05) is 18.2 Å². The Morgan fingerprint density at radius 3 is 2.81 bits per heavy atom. The minimum absolute atomic E-state index is 0.209. The Morgan fingerprint density at radius 1 is 1.25 bits per heavy atom. The number of rotatable bonds is 8. The SMILES string of the molecule is O=C(N[C@H](CN1CCC1)[C@H](O)c1ccc(OC2CC2)c(Cl)c1)C1=NOCc2c1sc1cc(Cl)ccc21. The second kappa shape index (κ2) is 9.84. The summed E-state index contributed by atoms with van der Waals surface area (Å²) in [5, 5.41) is 20.5. The van der Waals surface area contributed by atoms with Gasteiger partial charge in [-0.3, -0.25) is 4.79 Å². The number of oxime groups is 1. The van der Waals surface area contributed by atoms with E-state index in [1.165, 1.54) is 11.3 Å². The highest BCUT2D eigenvalue weighted by molar-refractivity contribution is 7.21. The average molecular weight is 546 g/mol. The number of halogens is 2. The van der Waals surface area contributed by atoms with Gasteiger partial charge < -0.3 is 24.9 Å². The van der Waals surface area contributed by atoms with Crippen molar-refractivity contribution in [1.29, 1.82) is 0 Å².